The van der Waals surface area contributed by atoms with Crippen LogP contribution in [0, 0.1) is 5.92 Å². The van der Waals surface area contributed by atoms with E-state index in [1.54, 1.807) is 65.4 Å². The van der Waals surface area contributed by atoms with Crippen LogP contribution in [0.15, 0.2) is 97.1 Å². The fourth-order valence-corrected chi connectivity index (χ4v) is 10.4. The summed E-state index contributed by atoms with van der Waals surface area (Å²) in [7, 11) is -3.05. The first-order chi connectivity index (χ1) is 23.5. The lowest BCUT2D eigenvalue weighted by molar-refractivity contribution is -0.148. The van der Waals surface area contributed by atoms with E-state index in [1.807, 2.05) is 61.5 Å². The number of aliphatic hydroxyl groups is 1. The average molecular weight is 678 g/mol. The summed E-state index contributed by atoms with van der Waals surface area (Å²) in [6, 6.07) is 29.2. The second-order valence-electron chi connectivity index (χ2n) is 13.5. The van der Waals surface area contributed by atoms with Gasteiger partial charge in [-0.1, -0.05) is 61.5 Å². The Morgan fingerprint density at radius 2 is 1.65 bits per heavy atom. The molecule has 0 radical (unpaired) electrons. The van der Waals surface area contributed by atoms with Gasteiger partial charge in [0, 0.05) is 41.5 Å². The molecule has 1 fully saturated rings. The van der Waals surface area contributed by atoms with Gasteiger partial charge in [-0.3, -0.25) is 19.3 Å². The first-order valence-electron chi connectivity index (χ1n) is 16.5. The summed E-state index contributed by atoms with van der Waals surface area (Å²) in [6.07, 6.45) is -0.845. The number of aliphatic hydroxyl groups excluding tert-OH is 1. The van der Waals surface area contributed by atoms with Gasteiger partial charge in [0.1, 0.15) is 5.75 Å². The predicted molar refractivity (Wildman–Crippen MR) is 187 cm³/mol. The average Bonchev–Trinajstić information content (AvgIpc) is 3.49. The van der Waals surface area contributed by atoms with E-state index in [1.165, 1.54) is 0 Å². The number of benzene rings is 4. The SMILES string of the molecule is C[C@@H]1[C@@H]([Si](C)(C)O)[C@H](CC(=O)N(CCO)Cc2ccccc2)O[C@@]12C(=O)Nc1ccc(N3C(=O)c4ccccc4Oc4ccccc43)cc12. The highest BCUT2D eigenvalue weighted by molar-refractivity contribution is 6.71. The molecule has 0 aliphatic carbocycles. The van der Waals surface area contributed by atoms with Crippen LogP contribution in [0.25, 0.3) is 0 Å². The molecular formula is C38H39N3O7Si. The number of rotatable bonds is 8. The fraction of sp³-hybridized carbons (Fsp3) is 0.289. The Labute approximate surface area is 286 Å². The van der Waals surface area contributed by atoms with E-state index in [2.05, 4.69) is 5.32 Å². The van der Waals surface area contributed by atoms with E-state index in [0.717, 1.165) is 5.56 Å². The lowest BCUT2D eigenvalue weighted by atomic mass is 9.82. The highest BCUT2D eigenvalue weighted by Crippen LogP contribution is 2.59. The number of fused-ring (bicyclic) bond motifs is 4. The van der Waals surface area contributed by atoms with Gasteiger partial charge in [0.2, 0.25) is 5.91 Å². The first kappa shape index (κ1) is 32.7. The lowest BCUT2D eigenvalue weighted by Gasteiger charge is -2.32. The molecule has 0 saturated carbocycles. The third-order valence-electron chi connectivity index (χ3n) is 9.94. The van der Waals surface area contributed by atoms with Gasteiger partial charge in [-0.25, -0.2) is 0 Å². The van der Waals surface area contributed by atoms with Crippen LogP contribution in [0.1, 0.15) is 34.8 Å². The summed E-state index contributed by atoms with van der Waals surface area (Å²) in [5, 5.41) is 12.8. The maximum Gasteiger partial charge on any atom is 0.266 e. The molecule has 0 aromatic heterocycles. The monoisotopic (exact) mass is 677 g/mol. The maximum absolute atomic E-state index is 14.2. The molecule has 10 nitrogen and oxygen atoms in total. The molecule has 0 unspecified atom stereocenters. The van der Waals surface area contributed by atoms with E-state index in [4.69, 9.17) is 9.47 Å². The molecule has 49 heavy (non-hydrogen) atoms. The van der Waals surface area contributed by atoms with Gasteiger partial charge < -0.3 is 29.6 Å². The minimum Gasteiger partial charge on any atom is -0.454 e. The summed E-state index contributed by atoms with van der Waals surface area (Å²) in [5.74, 6) is -0.473. The number of nitrogens with zero attached hydrogens (tertiary/aromatic N) is 2. The molecule has 4 aromatic carbocycles. The number of amides is 3. The zero-order chi connectivity index (χ0) is 34.5. The number of hydrogen-bond acceptors (Lipinski definition) is 7. The number of carbonyl (C=O) groups is 3. The van der Waals surface area contributed by atoms with Crippen LogP contribution in [0.2, 0.25) is 18.6 Å². The van der Waals surface area contributed by atoms with E-state index in [-0.39, 0.29) is 37.3 Å². The van der Waals surface area contributed by atoms with Gasteiger partial charge >= 0.3 is 0 Å². The third-order valence-corrected chi connectivity index (χ3v) is 12.4. The minimum atomic E-state index is -3.05. The highest BCUT2D eigenvalue weighted by Gasteiger charge is 2.65. The molecule has 0 bridgehead atoms. The van der Waals surface area contributed by atoms with Crippen molar-refractivity contribution in [2.24, 2.45) is 5.92 Å². The van der Waals surface area contributed by atoms with Crippen molar-refractivity contribution in [2.75, 3.05) is 23.4 Å². The number of para-hydroxylation sites is 3. The third kappa shape index (κ3) is 5.62. The van der Waals surface area contributed by atoms with Crippen molar-refractivity contribution in [3.05, 3.63) is 114 Å². The summed E-state index contributed by atoms with van der Waals surface area (Å²) in [4.78, 5) is 57.0. The number of nitrogens with one attached hydrogen (secondary N) is 1. The van der Waals surface area contributed by atoms with Crippen molar-refractivity contribution in [3.63, 3.8) is 0 Å². The molecule has 4 atom stereocenters. The van der Waals surface area contributed by atoms with Crippen LogP contribution in [0.5, 0.6) is 11.5 Å². The second-order valence-corrected chi connectivity index (χ2v) is 17.5. The molecule has 3 aliphatic heterocycles. The van der Waals surface area contributed by atoms with Crippen LogP contribution < -0.4 is 15.0 Å². The van der Waals surface area contributed by atoms with Crippen molar-refractivity contribution < 1.29 is 33.8 Å². The smallest absolute Gasteiger partial charge is 0.266 e. The van der Waals surface area contributed by atoms with Crippen LogP contribution in [-0.2, 0) is 26.5 Å². The van der Waals surface area contributed by atoms with Crippen LogP contribution in [0.3, 0.4) is 0 Å². The number of ether oxygens (including phenoxy) is 2. The van der Waals surface area contributed by atoms with Crippen molar-refractivity contribution in [1.29, 1.82) is 0 Å². The molecular weight excluding hydrogens is 639 g/mol. The molecule has 7 rings (SSSR count). The number of carbonyl (C=O) groups excluding carboxylic acids is 3. The molecule has 1 saturated heterocycles. The van der Waals surface area contributed by atoms with Gasteiger partial charge in [0.05, 0.1) is 30.4 Å². The Morgan fingerprint density at radius 3 is 2.39 bits per heavy atom. The zero-order valence-electron chi connectivity index (χ0n) is 27.6. The molecule has 252 valence electrons. The van der Waals surface area contributed by atoms with Gasteiger partial charge in [0.25, 0.3) is 11.8 Å². The maximum atomic E-state index is 14.2. The van der Waals surface area contributed by atoms with E-state index in [0.29, 0.717) is 46.2 Å². The van der Waals surface area contributed by atoms with Crippen LogP contribution >= 0.6 is 0 Å². The van der Waals surface area contributed by atoms with Gasteiger partial charge in [0.15, 0.2) is 19.7 Å². The highest BCUT2D eigenvalue weighted by atomic mass is 28.4. The summed E-state index contributed by atoms with van der Waals surface area (Å²) < 4.78 is 13.0. The summed E-state index contributed by atoms with van der Waals surface area (Å²) >= 11 is 0. The van der Waals surface area contributed by atoms with Crippen molar-refractivity contribution in [3.8, 4) is 11.5 Å². The Balaban J connectivity index is 1.27. The molecule has 3 amide bonds. The Kier molecular flexibility index (Phi) is 8.40. The zero-order valence-corrected chi connectivity index (χ0v) is 28.6. The standard InChI is InChI=1S/C38H39N3O7Si/c1-24-35(49(2,3)46)33(22-34(43)40(19-20-42)23-25-11-5-4-6-12-25)48-38(24)28-21-26(17-18-29(28)39-37(38)45)41-30-14-8-10-16-32(30)47-31-15-9-7-13-27(31)36(41)44/h4-18,21,24,33,35,42,46H,19-20,22-23H2,1-3H3,(H,39,45)/t24-,33+,35-,38+/m1/s1. The van der Waals surface area contributed by atoms with Gasteiger partial charge in [-0.05, 0) is 61.1 Å². The Bertz CT molecular complexity index is 1930. The first-order valence-corrected chi connectivity index (χ1v) is 19.5. The van der Waals surface area contributed by atoms with Gasteiger partial charge in [-0.2, -0.15) is 0 Å². The van der Waals surface area contributed by atoms with Crippen molar-refractivity contribution in [1.82, 2.24) is 4.90 Å². The van der Waals surface area contributed by atoms with E-state index >= 15 is 0 Å². The van der Waals surface area contributed by atoms with Crippen LogP contribution in [-0.4, -0.2) is 60.1 Å². The largest absolute Gasteiger partial charge is 0.454 e. The number of hydrogen-bond donors (Lipinski definition) is 3. The van der Waals surface area contributed by atoms with Crippen molar-refractivity contribution >= 4 is 43.1 Å². The molecule has 3 N–H and O–H groups in total. The topological polar surface area (TPSA) is 129 Å². The Morgan fingerprint density at radius 1 is 0.959 bits per heavy atom. The quantitative estimate of drug-likeness (QED) is 0.197. The molecule has 11 heteroatoms. The molecule has 1 spiro atoms. The van der Waals surface area contributed by atoms with Gasteiger partial charge in [-0.15, -0.1) is 0 Å². The normalized spacial score (nSPS) is 22.6. The van der Waals surface area contributed by atoms with E-state index in [9.17, 15) is 24.3 Å². The second kappa shape index (κ2) is 12.6. The summed E-state index contributed by atoms with van der Waals surface area (Å²) in [6.45, 7) is 5.74. The van der Waals surface area contributed by atoms with Crippen molar-refractivity contribution in [2.45, 2.75) is 50.2 Å². The molecule has 3 heterocycles. The van der Waals surface area contributed by atoms with Crippen LogP contribution in [0.4, 0.5) is 17.1 Å². The fourth-order valence-electron chi connectivity index (χ4n) is 7.81. The Hall–Kier alpha value is -4.81. The molecule has 4 aromatic rings. The molecule has 3 aliphatic rings. The van der Waals surface area contributed by atoms with E-state index < -0.39 is 31.5 Å². The lowest BCUT2D eigenvalue weighted by Crippen LogP contribution is -2.44. The predicted octanol–water partition coefficient (Wildman–Crippen LogP) is 5.93. The number of anilines is 3. The minimum absolute atomic E-state index is 0.0744. The summed E-state index contributed by atoms with van der Waals surface area (Å²) in [5.41, 5.74) is 1.46.